The molecule has 4 nitrogen and oxygen atoms in total. The molecule has 130 valence electrons. The van der Waals surface area contributed by atoms with E-state index >= 15 is 0 Å². The summed E-state index contributed by atoms with van der Waals surface area (Å²) in [6, 6.07) is 18.6. The Kier molecular flexibility index (Phi) is 5.00. The molecule has 0 spiro atoms. The van der Waals surface area contributed by atoms with Gasteiger partial charge in [0.15, 0.2) is 0 Å². The van der Waals surface area contributed by atoms with Crippen molar-refractivity contribution in [2.24, 2.45) is 0 Å². The Labute approximate surface area is 149 Å². The zero-order valence-electron chi connectivity index (χ0n) is 15.5. The van der Waals surface area contributed by atoms with Gasteiger partial charge in [-0.3, -0.25) is 0 Å². The highest BCUT2D eigenvalue weighted by Crippen LogP contribution is 2.21. The first-order valence-corrected chi connectivity index (χ1v) is 8.71. The van der Waals surface area contributed by atoms with Gasteiger partial charge in [0, 0.05) is 17.6 Å². The lowest BCUT2D eigenvalue weighted by atomic mass is 10.1. The van der Waals surface area contributed by atoms with Crippen LogP contribution in [0, 0.1) is 6.92 Å². The van der Waals surface area contributed by atoms with Crippen molar-refractivity contribution in [2.75, 3.05) is 0 Å². The highest BCUT2D eigenvalue weighted by molar-refractivity contribution is 5.60. The zero-order valence-corrected chi connectivity index (χ0v) is 15.5. The van der Waals surface area contributed by atoms with Crippen LogP contribution in [0.15, 0.2) is 54.6 Å². The van der Waals surface area contributed by atoms with Gasteiger partial charge >= 0.3 is 0 Å². The number of aromatic nitrogens is 3. The fourth-order valence-electron chi connectivity index (χ4n) is 2.68. The summed E-state index contributed by atoms with van der Waals surface area (Å²) in [4.78, 5) is 1.81. The molecule has 0 atom stereocenters. The first kappa shape index (κ1) is 17.4. The van der Waals surface area contributed by atoms with E-state index < -0.39 is 0 Å². The minimum Gasteiger partial charge on any atom is -0.306 e. The van der Waals surface area contributed by atoms with E-state index in [2.05, 4.69) is 69.4 Å². The maximum Gasteiger partial charge on any atom is 0.117 e. The van der Waals surface area contributed by atoms with E-state index in [4.69, 9.17) is 10.2 Å². The van der Waals surface area contributed by atoms with Crippen molar-refractivity contribution < 1.29 is 0 Å². The summed E-state index contributed by atoms with van der Waals surface area (Å²) in [5.41, 5.74) is 5.57. The SMILES string of the molecule is Cc1ccccc1Cn1nc(CNC(C)(C)C)c(-c2ccccc2)n1. The zero-order chi connectivity index (χ0) is 17.9. The van der Waals surface area contributed by atoms with E-state index in [0.717, 1.165) is 17.0 Å². The molecule has 4 heteroatoms. The summed E-state index contributed by atoms with van der Waals surface area (Å²) in [7, 11) is 0. The molecule has 25 heavy (non-hydrogen) atoms. The molecule has 1 aromatic heterocycles. The Morgan fingerprint density at radius 3 is 2.28 bits per heavy atom. The molecule has 0 radical (unpaired) electrons. The summed E-state index contributed by atoms with van der Waals surface area (Å²) in [5.74, 6) is 0. The Morgan fingerprint density at radius 2 is 1.60 bits per heavy atom. The molecule has 1 N–H and O–H groups in total. The van der Waals surface area contributed by atoms with Crippen molar-refractivity contribution >= 4 is 0 Å². The number of rotatable bonds is 5. The first-order valence-electron chi connectivity index (χ1n) is 8.71. The lowest BCUT2D eigenvalue weighted by Gasteiger charge is -2.19. The molecule has 3 rings (SSSR count). The van der Waals surface area contributed by atoms with Gasteiger partial charge in [0.2, 0.25) is 0 Å². The van der Waals surface area contributed by atoms with Gasteiger partial charge in [0.1, 0.15) is 11.4 Å². The number of aryl methyl sites for hydroxylation is 1. The van der Waals surface area contributed by atoms with Gasteiger partial charge in [-0.1, -0.05) is 54.6 Å². The fraction of sp³-hybridized carbons (Fsp3) is 0.333. The van der Waals surface area contributed by atoms with Gasteiger partial charge in [-0.15, -0.1) is 0 Å². The van der Waals surface area contributed by atoms with Crippen LogP contribution < -0.4 is 5.32 Å². The van der Waals surface area contributed by atoms with Crippen LogP contribution in [0.4, 0.5) is 0 Å². The maximum absolute atomic E-state index is 4.78. The summed E-state index contributed by atoms with van der Waals surface area (Å²) >= 11 is 0. The second kappa shape index (κ2) is 7.19. The largest absolute Gasteiger partial charge is 0.306 e. The van der Waals surface area contributed by atoms with E-state index in [9.17, 15) is 0 Å². The molecule has 0 aliphatic rings. The minimum atomic E-state index is 0.0355. The number of benzene rings is 2. The predicted molar refractivity (Wildman–Crippen MR) is 102 cm³/mol. The highest BCUT2D eigenvalue weighted by atomic mass is 15.5. The van der Waals surface area contributed by atoms with Crippen molar-refractivity contribution in [3.63, 3.8) is 0 Å². The summed E-state index contributed by atoms with van der Waals surface area (Å²) in [6.45, 7) is 9.98. The van der Waals surface area contributed by atoms with Crippen LogP contribution in [0.5, 0.6) is 0 Å². The second-order valence-electron chi connectivity index (χ2n) is 7.42. The number of hydrogen-bond donors (Lipinski definition) is 1. The lowest BCUT2D eigenvalue weighted by molar-refractivity contribution is 0.419. The molecule has 0 unspecified atom stereocenters. The smallest absolute Gasteiger partial charge is 0.117 e. The molecule has 0 saturated carbocycles. The van der Waals surface area contributed by atoms with Gasteiger partial charge in [0.25, 0.3) is 0 Å². The molecular weight excluding hydrogens is 308 g/mol. The molecule has 3 aromatic rings. The monoisotopic (exact) mass is 334 g/mol. The molecule has 0 aliphatic carbocycles. The quantitative estimate of drug-likeness (QED) is 0.761. The van der Waals surface area contributed by atoms with Crippen molar-refractivity contribution in [3.05, 3.63) is 71.4 Å². The van der Waals surface area contributed by atoms with Gasteiger partial charge in [0.05, 0.1) is 6.54 Å². The van der Waals surface area contributed by atoms with Crippen molar-refractivity contribution in [1.29, 1.82) is 0 Å². The number of hydrogen-bond acceptors (Lipinski definition) is 3. The van der Waals surface area contributed by atoms with Crippen LogP contribution in [0.3, 0.4) is 0 Å². The minimum absolute atomic E-state index is 0.0355. The third-order valence-electron chi connectivity index (χ3n) is 4.13. The van der Waals surface area contributed by atoms with Gasteiger partial charge in [-0.25, -0.2) is 0 Å². The third kappa shape index (κ3) is 4.54. The molecular formula is C21H26N4. The van der Waals surface area contributed by atoms with Crippen molar-refractivity contribution in [3.8, 4) is 11.3 Å². The number of nitrogens with one attached hydrogen (secondary N) is 1. The first-order chi connectivity index (χ1) is 11.9. The average molecular weight is 334 g/mol. The molecule has 0 bridgehead atoms. The van der Waals surface area contributed by atoms with Crippen LogP contribution in [-0.2, 0) is 13.1 Å². The Balaban J connectivity index is 1.92. The Bertz CT molecular complexity index is 829. The fourth-order valence-corrected chi connectivity index (χ4v) is 2.68. The van der Waals surface area contributed by atoms with Gasteiger partial charge < -0.3 is 5.32 Å². The van der Waals surface area contributed by atoms with E-state index in [-0.39, 0.29) is 5.54 Å². The molecule has 0 saturated heterocycles. The summed E-state index contributed by atoms with van der Waals surface area (Å²) in [6.07, 6.45) is 0. The van der Waals surface area contributed by atoms with E-state index in [1.54, 1.807) is 0 Å². The summed E-state index contributed by atoms with van der Waals surface area (Å²) in [5, 5.41) is 13.1. The van der Waals surface area contributed by atoms with Crippen LogP contribution in [-0.4, -0.2) is 20.5 Å². The lowest BCUT2D eigenvalue weighted by Crippen LogP contribution is -2.35. The normalized spacial score (nSPS) is 11.7. The molecule has 2 aromatic carbocycles. The maximum atomic E-state index is 4.78. The van der Waals surface area contributed by atoms with E-state index in [0.29, 0.717) is 13.1 Å². The Hall–Kier alpha value is -2.46. The number of nitrogens with zero attached hydrogens (tertiary/aromatic N) is 3. The van der Waals surface area contributed by atoms with E-state index in [1.807, 2.05) is 23.0 Å². The van der Waals surface area contributed by atoms with Gasteiger partial charge in [-0.2, -0.15) is 15.0 Å². The third-order valence-corrected chi connectivity index (χ3v) is 4.13. The topological polar surface area (TPSA) is 42.7 Å². The van der Waals surface area contributed by atoms with Crippen LogP contribution in [0.1, 0.15) is 37.6 Å². The highest BCUT2D eigenvalue weighted by Gasteiger charge is 2.16. The van der Waals surface area contributed by atoms with Crippen LogP contribution >= 0.6 is 0 Å². The standard InChI is InChI=1S/C21H26N4/c1-16-10-8-9-13-18(16)15-25-23-19(14-22-21(2,3)4)20(24-25)17-11-6-5-7-12-17/h5-13,22H,14-15H2,1-4H3. The van der Waals surface area contributed by atoms with Crippen molar-refractivity contribution in [2.45, 2.75) is 46.3 Å². The average Bonchev–Trinajstić information content (AvgIpc) is 2.98. The second-order valence-corrected chi connectivity index (χ2v) is 7.42. The van der Waals surface area contributed by atoms with Crippen LogP contribution in [0.25, 0.3) is 11.3 Å². The van der Waals surface area contributed by atoms with E-state index in [1.165, 1.54) is 11.1 Å². The Morgan fingerprint density at radius 1 is 0.920 bits per heavy atom. The molecule has 0 amide bonds. The van der Waals surface area contributed by atoms with Crippen LogP contribution in [0.2, 0.25) is 0 Å². The summed E-state index contributed by atoms with van der Waals surface area (Å²) < 4.78 is 0. The molecule has 0 fully saturated rings. The predicted octanol–water partition coefficient (Wildman–Crippen LogP) is 4.19. The van der Waals surface area contributed by atoms with Gasteiger partial charge in [-0.05, 0) is 38.8 Å². The molecule has 0 aliphatic heterocycles. The van der Waals surface area contributed by atoms with Crippen molar-refractivity contribution in [1.82, 2.24) is 20.3 Å². The molecule has 1 heterocycles.